The van der Waals surface area contributed by atoms with Crippen molar-refractivity contribution in [3.8, 4) is 18.1 Å². The predicted molar refractivity (Wildman–Crippen MR) is 99.4 cm³/mol. The number of ether oxygens (including phenoxy) is 6. The molecule has 0 aliphatic heterocycles. The van der Waals surface area contributed by atoms with Gasteiger partial charge in [0, 0.05) is 0 Å². The highest BCUT2D eigenvalue weighted by atomic mass is 19.2. The molecule has 1 aromatic carbocycles. The number of esters is 1. The van der Waals surface area contributed by atoms with E-state index in [1.165, 1.54) is 0 Å². The van der Waals surface area contributed by atoms with Crippen molar-refractivity contribution in [1.82, 2.24) is 0 Å². The second-order valence-electron chi connectivity index (χ2n) is 5.83. The first-order valence-electron chi connectivity index (χ1n) is 9.44. The Morgan fingerprint density at radius 3 is 1.44 bits per heavy atom. The maximum absolute atomic E-state index is 13.4. The van der Waals surface area contributed by atoms with Gasteiger partial charge in [-0.2, -0.15) is 8.78 Å². The molecule has 1 rings (SSSR count). The minimum absolute atomic E-state index is 0.0938. The number of hydrogen-bond acceptors (Lipinski definition) is 7. The molecule has 0 N–H and O–H groups in total. The quantitative estimate of drug-likeness (QED) is 0.0659. The van der Waals surface area contributed by atoms with Crippen LogP contribution in [0.4, 0.5) is 22.0 Å². The van der Waals surface area contributed by atoms with E-state index in [-0.39, 0.29) is 33.0 Å². The average Bonchev–Trinajstić information content (AvgIpc) is 2.79. The van der Waals surface area contributed by atoms with Crippen LogP contribution in [-0.2, 0) is 28.5 Å². The lowest BCUT2D eigenvalue weighted by molar-refractivity contribution is -0.136. The zero-order valence-corrected chi connectivity index (χ0v) is 17.1. The van der Waals surface area contributed by atoms with E-state index in [0.717, 1.165) is 0 Å². The first-order chi connectivity index (χ1) is 15.4. The van der Waals surface area contributed by atoms with E-state index >= 15 is 0 Å². The van der Waals surface area contributed by atoms with Crippen LogP contribution in [0.5, 0.6) is 5.75 Å². The van der Waals surface area contributed by atoms with Crippen LogP contribution in [-0.4, -0.2) is 72.0 Å². The Hall–Kier alpha value is -2.30. The minimum atomic E-state index is -2.34. The molecule has 0 heterocycles. The third-order valence-corrected chi connectivity index (χ3v) is 3.51. The summed E-state index contributed by atoms with van der Waals surface area (Å²) in [4.78, 5) is 11.5. The summed E-state index contributed by atoms with van der Waals surface area (Å²) >= 11 is 0. The fourth-order valence-electron chi connectivity index (χ4n) is 2.01. The molecule has 180 valence electrons. The summed E-state index contributed by atoms with van der Waals surface area (Å²) in [6.07, 6.45) is 4.54. The highest BCUT2D eigenvalue weighted by Gasteiger charge is 2.28. The van der Waals surface area contributed by atoms with Crippen molar-refractivity contribution in [3.63, 3.8) is 0 Å². The zero-order chi connectivity index (χ0) is 23.8. The van der Waals surface area contributed by atoms with Gasteiger partial charge in [0.25, 0.3) is 0 Å². The standard InChI is InChI=1S/C20H23F5O7/c1-2-4-27-6-8-29-10-12-31-13-11-30-9-7-28-5-3-14(26)32-20-18(24)16(22)15(21)17(23)19(20)25/h1H,3-13H2. The van der Waals surface area contributed by atoms with Crippen molar-refractivity contribution in [1.29, 1.82) is 0 Å². The summed E-state index contributed by atoms with van der Waals surface area (Å²) in [5.74, 6) is -11.8. The largest absolute Gasteiger partial charge is 0.420 e. The van der Waals surface area contributed by atoms with Crippen LogP contribution < -0.4 is 4.74 Å². The number of carbonyl (C=O) groups is 1. The molecule has 0 spiro atoms. The summed E-state index contributed by atoms with van der Waals surface area (Å²) in [5.41, 5.74) is 0. The van der Waals surface area contributed by atoms with Crippen LogP contribution >= 0.6 is 0 Å². The van der Waals surface area contributed by atoms with Crippen LogP contribution in [0, 0.1) is 41.4 Å². The van der Waals surface area contributed by atoms with Crippen molar-refractivity contribution in [3.05, 3.63) is 29.1 Å². The van der Waals surface area contributed by atoms with E-state index in [1.54, 1.807) is 0 Å². The molecular formula is C20H23F5O7. The lowest BCUT2D eigenvalue weighted by atomic mass is 10.2. The summed E-state index contributed by atoms with van der Waals surface area (Å²) in [5, 5.41) is 0. The van der Waals surface area contributed by atoms with Gasteiger partial charge in [-0.25, -0.2) is 13.2 Å². The molecule has 7 nitrogen and oxygen atoms in total. The number of carbonyl (C=O) groups excluding carboxylic acids is 1. The molecule has 0 saturated heterocycles. The Morgan fingerprint density at radius 2 is 1.00 bits per heavy atom. The summed E-state index contributed by atoms with van der Waals surface area (Å²) < 4.78 is 95.9. The van der Waals surface area contributed by atoms with Gasteiger partial charge in [-0.05, 0) is 0 Å². The maximum Gasteiger partial charge on any atom is 0.313 e. The van der Waals surface area contributed by atoms with Gasteiger partial charge in [-0.1, -0.05) is 5.92 Å². The molecule has 0 fully saturated rings. The zero-order valence-electron chi connectivity index (χ0n) is 17.1. The number of terminal acetylenes is 1. The molecule has 0 aromatic heterocycles. The molecule has 0 atom stereocenters. The van der Waals surface area contributed by atoms with E-state index in [0.29, 0.717) is 33.0 Å². The molecule has 12 heteroatoms. The SMILES string of the molecule is C#CCOCCOCCOCCOCCOCCC(=O)Oc1c(F)c(F)c(F)c(F)c1F. The molecule has 0 aliphatic carbocycles. The lowest BCUT2D eigenvalue weighted by Crippen LogP contribution is -2.16. The second-order valence-corrected chi connectivity index (χ2v) is 5.83. The molecule has 0 radical (unpaired) electrons. The Kier molecular flexibility index (Phi) is 14.2. The van der Waals surface area contributed by atoms with E-state index in [2.05, 4.69) is 10.7 Å². The Morgan fingerprint density at radius 1 is 0.625 bits per heavy atom. The molecule has 0 unspecified atom stereocenters. The van der Waals surface area contributed by atoms with Gasteiger partial charge in [0.1, 0.15) is 6.61 Å². The molecule has 32 heavy (non-hydrogen) atoms. The summed E-state index contributed by atoms with van der Waals surface area (Å²) in [7, 11) is 0. The number of halogens is 5. The Balaban J connectivity index is 2.02. The molecule has 0 aliphatic rings. The van der Waals surface area contributed by atoms with Gasteiger partial charge in [0.15, 0.2) is 0 Å². The molecular weight excluding hydrogens is 447 g/mol. The first-order valence-corrected chi connectivity index (χ1v) is 9.44. The van der Waals surface area contributed by atoms with Crippen molar-refractivity contribution >= 4 is 5.97 Å². The van der Waals surface area contributed by atoms with E-state index in [9.17, 15) is 26.7 Å². The monoisotopic (exact) mass is 470 g/mol. The number of rotatable bonds is 17. The minimum Gasteiger partial charge on any atom is -0.420 e. The smallest absolute Gasteiger partial charge is 0.313 e. The number of benzene rings is 1. The molecule has 0 amide bonds. The third kappa shape index (κ3) is 10.3. The Bertz CT molecular complexity index is 726. The van der Waals surface area contributed by atoms with Crippen LogP contribution in [0.25, 0.3) is 0 Å². The van der Waals surface area contributed by atoms with Crippen LogP contribution in [0.15, 0.2) is 0 Å². The first kappa shape index (κ1) is 27.7. The average molecular weight is 470 g/mol. The summed E-state index contributed by atoms with van der Waals surface area (Å²) in [6, 6.07) is 0. The van der Waals surface area contributed by atoms with E-state index < -0.39 is 47.2 Å². The van der Waals surface area contributed by atoms with Gasteiger partial charge < -0.3 is 28.4 Å². The van der Waals surface area contributed by atoms with Crippen molar-refractivity contribution in [2.24, 2.45) is 0 Å². The third-order valence-electron chi connectivity index (χ3n) is 3.51. The van der Waals surface area contributed by atoms with Crippen LogP contribution in [0.3, 0.4) is 0 Å². The summed E-state index contributed by atoms with van der Waals surface area (Å²) in [6.45, 7) is 2.50. The number of hydrogen-bond donors (Lipinski definition) is 0. The van der Waals surface area contributed by atoms with Gasteiger partial charge in [0.2, 0.25) is 34.8 Å². The highest BCUT2D eigenvalue weighted by Crippen LogP contribution is 2.29. The van der Waals surface area contributed by atoms with Crippen LogP contribution in [0.2, 0.25) is 0 Å². The van der Waals surface area contributed by atoms with Gasteiger partial charge >= 0.3 is 5.97 Å². The molecule has 0 saturated carbocycles. The van der Waals surface area contributed by atoms with Crippen molar-refractivity contribution in [2.45, 2.75) is 6.42 Å². The van der Waals surface area contributed by atoms with Gasteiger partial charge in [0.05, 0.1) is 65.9 Å². The molecule has 1 aromatic rings. The van der Waals surface area contributed by atoms with Gasteiger partial charge in [-0.15, -0.1) is 6.42 Å². The Labute approximate surface area is 181 Å². The van der Waals surface area contributed by atoms with Crippen LogP contribution in [0.1, 0.15) is 6.42 Å². The fraction of sp³-hybridized carbons (Fsp3) is 0.550. The van der Waals surface area contributed by atoms with E-state index in [4.69, 9.17) is 30.1 Å². The maximum atomic E-state index is 13.4. The highest BCUT2D eigenvalue weighted by molar-refractivity contribution is 5.72. The molecule has 0 bridgehead atoms. The topological polar surface area (TPSA) is 72.5 Å². The van der Waals surface area contributed by atoms with Gasteiger partial charge in [-0.3, -0.25) is 4.79 Å². The normalized spacial score (nSPS) is 10.9. The fourth-order valence-corrected chi connectivity index (χ4v) is 2.01. The predicted octanol–water partition coefficient (Wildman–Crippen LogP) is 2.39. The van der Waals surface area contributed by atoms with Crippen molar-refractivity contribution in [2.75, 3.05) is 66.1 Å². The lowest BCUT2D eigenvalue weighted by Gasteiger charge is -2.09. The van der Waals surface area contributed by atoms with E-state index in [1.807, 2.05) is 0 Å². The van der Waals surface area contributed by atoms with Crippen molar-refractivity contribution < 1.29 is 55.2 Å². The second kappa shape index (κ2) is 16.3.